The van der Waals surface area contributed by atoms with Gasteiger partial charge < -0.3 is 5.32 Å². The number of hydrogen-bond donors (Lipinski definition) is 1. The zero-order valence-electron chi connectivity index (χ0n) is 5.25. The number of nitrogens with zero attached hydrogens (tertiary/aromatic N) is 1. The summed E-state index contributed by atoms with van der Waals surface area (Å²) in [5, 5.41) is 3.32. The van der Waals surface area contributed by atoms with Gasteiger partial charge in [-0.05, 0) is 0 Å². The molecule has 48 valence electrons. The molecule has 2 unspecified atom stereocenters. The molecule has 1 N–H and O–H groups in total. The summed E-state index contributed by atoms with van der Waals surface area (Å²) in [6.45, 7) is 2.24. The Morgan fingerprint density at radius 3 is 3.11 bits per heavy atom. The predicted molar refractivity (Wildman–Crippen MR) is 37.5 cm³/mol. The summed E-state index contributed by atoms with van der Waals surface area (Å²) in [5.41, 5.74) is 0. The fraction of sp³-hybridized carbons (Fsp3) is 0.571. The predicted octanol–water partition coefficient (Wildman–Crippen LogP) is 0.420. The van der Waals surface area contributed by atoms with E-state index >= 15 is 0 Å². The number of fused-ring (bicyclic) bond motifs is 1. The van der Waals surface area contributed by atoms with Crippen LogP contribution in [0.3, 0.4) is 0 Å². The van der Waals surface area contributed by atoms with Gasteiger partial charge in [0.2, 0.25) is 0 Å². The van der Waals surface area contributed by atoms with E-state index < -0.39 is 0 Å². The number of hydrogen-bond acceptors (Lipinski definition) is 2. The zero-order chi connectivity index (χ0) is 6.10. The fourth-order valence-corrected chi connectivity index (χ4v) is 1.41. The lowest BCUT2D eigenvalue weighted by Crippen LogP contribution is -2.13. The van der Waals surface area contributed by atoms with Crippen LogP contribution in [0.5, 0.6) is 0 Å². The third-order valence-corrected chi connectivity index (χ3v) is 2.01. The molecule has 2 nitrogen and oxygen atoms in total. The average molecular weight is 122 g/mol. The Hall–Kier alpha value is -0.630. The monoisotopic (exact) mass is 122 g/mol. The van der Waals surface area contributed by atoms with Crippen molar-refractivity contribution in [1.29, 1.82) is 0 Å². The van der Waals surface area contributed by atoms with E-state index in [0.29, 0.717) is 5.92 Å². The largest absolute Gasteiger partial charge is 0.315 e. The molecule has 2 aliphatic heterocycles. The molecule has 2 aliphatic rings. The molecule has 2 heteroatoms. The van der Waals surface area contributed by atoms with E-state index in [9.17, 15) is 0 Å². The molecule has 0 aliphatic carbocycles. The summed E-state index contributed by atoms with van der Waals surface area (Å²) >= 11 is 0. The molecule has 0 spiro atoms. The van der Waals surface area contributed by atoms with Crippen molar-refractivity contribution in [3.05, 3.63) is 12.3 Å². The molecule has 0 saturated carbocycles. The molecule has 1 saturated heterocycles. The van der Waals surface area contributed by atoms with E-state index in [2.05, 4.69) is 16.4 Å². The first-order chi connectivity index (χ1) is 4.47. The van der Waals surface area contributed by atoms with Crippen LogP contribution in [-0.2, 0) is 0 Å². The van der Waals surface area contributed by atoms with Crippen LogP contribution in [0.2, 0.25) is 0 Å². The standard InChI is InChI=1S/C7H10N2/c1-2-8-4-7-5-9-3-6(1)7/h1-2,4,6-7,9H,3,5H2. The Morgan fingerprint density at radius 1 is 1.33 bits per heavy atom. The van der Waals surface area contributed by atoms with Gasteiger partial charge in [0.25, 0.3) is 0 Å². The van der Waals surface area contributed by atoms with Crippen LogP contribution < -0.4 is 5.32 Å². The molecule has 2 rings (SSSR count). The summed E-state index contributed by atoms with van der Waals surface area (Å²) in [7, 11) is 0. The third-order valence-electron chi connectivity index (χ3n) is 2.01. The van der Waals surface area contributed by atoms with E-state index in [1.165, 1.54) is 0 Å². The topological polar surface area (TPSA) is 24.4 Å². The van der Waals surface area contributed by atoms with Crippen molar-refractivity contribution in [2.75, 3.05) is 13.1 Å². The first-order valence-electron chi connectivity index (χ1n) is 3.37. The number of aliphatic imine (C=N–C) groups is 1. The Kier molecular flexibility index (Phi) is 1.12. The first kappa shape index (κ1) is 5.18. The van der Waals surface area contributed by atoms with Crippen molar-refractivity contribution < 1.29 is 0 Å². The molecule has 0 aromatic rings. The van der Waals surface area contributed by atoms with Crippen molar-refractivity contribution in [1.82, 2.24) is 5.32 Å². The van der Waals surface area contributed by atoms with Gasteiger partial charge in [-0.3, -0.25) is 4.99 Å². The van der Waals surface area contributed by atoms with Crippen molar-refractivity contribution in [2.24, 2.45) is 16.8 Å². The van der Waals surface area contributed by atoms with E-state index in [0.717, 1.165) is 19.0 Å². The Labute approximate surface area is 54.7 Å². The SMILES string of the molecule is C1=CC2CNCC2C=N1. The number of rotatable bonds is 0. The van der Waals surface area contributed by atoms with Gasteiger partial charge in [-0.1, -0.05) is 6.08 Å². The Balaban J connectivity index is 2.18. The third kappa shape index (κ3) is 0.793. The Bertz CT molecular complexity index is 142. The zero-order valence-corrected chi connectivity index (χ0v) is 5.25. The molecular weight excluding hydrogens is 112 g/mol. The van der Waals surface area contributed by atoms with E-state index in [-0.39, 0.29) is 0 Å². The number of nitrogens with one attached hydrogen (secondary N) is 1. The van der Waals surface area contributed by atoms with Crippen LogP contribution in [-0.4, -0.2) is 19.3 Å². The van der Waals surface area contributed by atoms with Gasteiger partial charge in [0.15, 0.2) is 0 Å². The molecule has 0 amide bonds. The van der Waals surface area contributed by atoms with Gasteiger partial charge in [-0.25, -0.2) is 0 Å². The summed E-state index contributed by atoms with van der Waals surface area (Å²) in [4.78, 5) is 4.07. The molecule has 0 aromatic carbocycles. The van der Waals surface area contributed by atoms with Crippen molar-refractivity contribution in [3.8, 4) is 0 Å². The van der Waals surface area contributed by atoms with Gasteiger partial charge in [0.1, 0.15) is 0 Å². The molecule has 2 heterocycles. The second-order valence-corrected chi connectivity index (χ2v) is 2.63. The van der Waals surface area contributed by atoms with E-state index in [1.54, 1.807) is 0 Å². The molecule has 0 bridgehead atoms. The molecule has 2 atom stereocenters. The molecule has 0 aromatic heterocycles. The highest BCUT2D eigenvalue weighted by Gasteiger charge is 2.24. The van der Waals surface area contributed by atoms with Gasteiger partial charge in [0, 0.05) is 37.3 Å². The molecule has 1 fully saturated rings. The van der Waals surface area contributed by atoms with Crippen LogP contribution >= 0.6 is 0 Å². The van der Waals surface area contributed by atoms with Crippen LogP contribution in [0, 0.1) is 11.8 Å². The summed E-state index contributed by atoms with van der Waals surface area (Å²) in [6, 6.07) is 0. The minimum absolute atomic E-state index is 0.676. The lowest BCUT2D eigenvalue weighted by Gasteiger charge is -2.10. The Morgan fingerprint density at radius 2 is 2.22 bits per heavy atom. The van der Waals surface area contributed by atoms with Gasteiger partial charge >= 0.3 is 0 Å². The molecule has 0 radical (unpaired) electrons. The minimum atomic E-state index is 0.676. The van der Waals surface area contributed by atoms with Crippen molar-refractivity contribution in [3.63, 3.8) is 0 Å². The van der Waals surface area contributed by atoms with E-state index in [1.807, 2.05) is 12.4 Å². The van der Waals surface area contributed by atoms with E-state index in [4.69, 9.17) is 0 Å². The lowest BCUT2D eigenvalue weighted by atomic mass is 9.96. The highest BCUT2D eigenvalue weighted by atomic mass is 14.9. The highest BCUT2D eigenvalue weighted by molar-refractivity contribution is 5.64. The molecular formula is C7H10N2. The van der Waals surface area contributed by atoms with Gasteiger partial charge in [-0.15, -0.1) is 0 Å². The minimum Gasteiger partial charge on any atom is -0.315 e. The molecule has 9 heavy (non-hydrogen) atoms. The highest BCUT2D eigenvalue weighted by Crippen LogP contribution is 2.18. The lowest BCUT2D eigenvalue weighted by molar-refractivity contribution is 0.635. The maximum Gasteiger partial charge on any atom is 0.0227 e. The summed E-state index contributed by atoms with van der Waals surface area (Å²) < 4.78 is 0. The van der Waals surface area contributed by atoms with Crippen LogP contribution in [0.1, 0.15) is 0 Å². The van der Waals surface area contributed by atoms with Crippen LogP contribution in [0.15, 0.2) is 17.3 Å². The van der Waals surface area contributed by atoms with Gasteiger partial charge in [0.05, 0.1) is 0 Å². The normalized spacial score (nSPS) is 39.1. The maximum absolute atomic E-state index is 4.07. The second-order valence-electron chi connectivity index (χ2n) is 2.63. The fourth-order valence-electron chi connectivity index (χ4n) is 1.41. The quantitative estimate of drug-likeness (QED) is 0.494. The van der Waals surface area contributed by atoms with Crippen LogP contribution in [0.25, 0.3) is 0 Å². The smallest absolute Gasteiger partial charge is 0.0227 e. The van der Waals surface area contributed by atoms with Crippen LogP contribution in [0.4, 0.5) is 0 Å². The maximum atomic E-state index is 4.07. The summed E-state index contributed by atoms with van der Waals surface area (Å²) in [5.74, 6) is 1.40. The van der Waals surface area contributed by atoms with Crippen molar-refractivity contribution in [2.45, 2.75) is 0 Å². The van der Waals surface area contributed by atoms with Gasteiger partial charge in [-0.2, -0.15) is 0 Å². The first-order valence-corrected chi connectivity index (χ1v) is 3.37. The van der Waals surface area contributed by atoms with Crippen molar-refractivity contribution >= 4 is 6.21 Å². The second kappa shape index (κ2) is 1.95. The average Bonchev–Trinajstić information content (AvgIpc) is 2.33. The summed E-state index contributed by atoms with van der Waals surface area (Å²) in [6.07, 6.45) is 6.13.